The Kier molecular flexibility index (Phi) is 5.86. The summed E-state index contributed by atoms with van der Waals surface area (Å²) < 4.78 is 16.1. The van der Waals surface area contributed by atoms with E-state index < -0.39 is 0 Å². The van der Waals surface area contributed by atoms with Gasteiger partial charge in [-0.3, -0.25) is 9.69 Å². The summed E-state index contributed by atoms with van der Waals surface area (Å²) in [5.74, 6) is 1.21. The average molecular weight is 337 g/mol. The Morgan fingerprint density at radius 1 is 1.29 bits per heavy atom. The molecule has 134 valence electrons. The Bertz CT molecular complexity index is 529. The number of aryl methyl sites for hydroxylation is 2. The number of hydrogen-bond donors (Lipinski definition) is 1. The first-order chi connectivity index (χ1) is 11.6. The van der Waals surface area contributed by atoms with E-state index in [1.165, 1.54) is 0 Å². The van der Waals surface area contributed by atoms with Crippen LogP contribution in [0.15, 0.2) is 4.52 Å². The molecule has 1 amide bonds. The molecular formula is C17H27N3O4. The lowest BCUT2D eigenvalue weighted by Gasteiger charge is -2.37. The maximum Gasteiger partial charge on any atom is 0.224 e. The van der Waals surface area contributed by atoms with Crippen molar-refractivity contribution in [1.82, 2.24) is 15.4 Å². The van der Waals surface area contributed by atoms with Gasteiger partial charge in [-0.15, -0.1) is 0 Å². The molecule has 2 atom stereocenters. The molecule has 1 aromatic heterocycles. The first kappa shape index (κ1) is 17.4. The van der Waals surface area contributed by atoms with Crippen LogP contribution in [0.25, 0.3) is 0 Å². The van der Waals surface area contributed by atoms with Gasteiger partial charge in [0.2, 0.25) is 5.91 Å². The summed E-state index contributed by atoms with van der Waals surface area (Å²) in [4.78, 5) is 14.8. The van der Waals surface area contributed by atoms with Gasteiger partial charge in [0, 0.05) is 43.8 Å². The summed E-state index contributed by atoms with van der Waals surface area (Å²) in [5, 5.41) is 7.01. The molecule has 0 radical (unpaired) electrons. The lowest BCUT2D eigenvalue weighted by Crippen LogP contribution is -2.52. The van der Waals surface area contributed by atoms with Crippen LogP contribution >= 0.6 is 0 Å². The molecule has 0 bridgehead atoms. The summed E-state index contributed by atoms with van der Waals surface area (Å²) >= 11 is 0. The molecule has 0 aliphatic carbocycles. The second-order valence-corrected chi connectivity index (χ2v) is 6.62. The van der Waals surface area contributed by atoms with Crippen molar-refractivity contribution in [2.45, 2.75) is 32.7 Å². The fourth-order valence-electron chi connectivity index (χ4n) is 3.55. The first-order valence-corrected chi connectivity index (χ1v) is 8.73. The van der Waals surface area contributed by atoms with Gasteiger partial charge in [-0.2, -0.15) is 0 Å². The molecule has 0 saturated carbocycles. The van der Waals surface area contributed by atoms with Crippen molar-refractivity contribution in [3.63, 3.8) is 0 Å². The second kappa shape index (κ2) is 8.09. The van der Waals surface area contributed by atoms with Crippen molar-refractivity contribution in [3.05, 3.63) is 17.0 Å². The van der Waals surface area contributed by atoms with Crippen molar-refractivity contribution in [3.8, 4) is 0 Å². The quantitative estimate of drug-likeness (QED) is 0.823. The second-order valence-electron chi connectivity index (χ2n) is 6.62. The summed E-state index contributed by atoms with van der Waals surface area (Å²) in [6.45, 7) is 9.31. The maximum absolute atomic E-state index is 12.4. The van der Waals surface area contributed by atoms with E-state index in [1.807, 2.05) is 13.8 Å². The molecule has 2 fully saturated rings. The third-order valence-electron chi connectivity index (χ3n) is 5.05. The highest BCUT2D eigenvalue weighted by Gasteiger charge is 2.31. The van der Waals surface area contributed by atoms with Gasteiger partial charge in [0.15, 0.2) is 0 Å². The molecule has 7 heteroatoms. The van der Waals surface area contributed by atoms with Gasteiger partial charge in [-0.1, -0.05) is 5.16 Å². The van der Waals surface area contributed by atoms with Crippen molar-refractivity contribution >= 4 is 5.91 Å². The molecule has 0 aromatic carbocycles. The third-order valence-corrected chi connectivity index (χ3v) is 5.05. The summed E-state index contributed by atoms with van der Waals surface area (Å²) in [5.41, 5.74) is 1.68. The van der Waals surface area contributed by atoms with E-state index in [4.69, 9.17) is 14.0 Å². The van der Waals surface area contributed by atoms with Gasteiger partial charge >= 0.3 is 0 Å². The first-order valence-electron chi connectivity index (χ1n) is 8.73. The van der Waals surface area contributed by atoms with E-state index in [9.17, 15) is 4.79 Å². The Morgan fingerprint density at radius 2 is 2.08 bits per heavy atom. The Morgan fingerprint density at radius 3 is 2.71 bits per heavy atom. The largest absolute Gasteiger partial charge is 0.381 e. The van der Waals surface area contributed by atoms with Crippen LogP contribution in [-0.4, -0.2) is 68.1 Å². The maximum atomic E-state index is 12.4. The third kappa shape index (κ3) is 4.15. The van der Waals surface area contributed by atoms with Gasteiger partial charge < -0.3 is 19.3 Å². The molecule has 0 unspecified atom stereocenters. The average Bonchev–Trinajstić information content (AvgIpc) is 3.22. The zero-order valence-corrected chi connectivity index (χ0v) is 14.5. The molecule has 3 heterocycles. The number of nitrogens with one attached hydrogen (secondary N) is 1. The Hall–Kier alpha value is -1.44. The number of aromatic nitrogens is 1. The van der Waals surface area contributed by atoms with E-state index in [2.05, 4.69) is 15.4 Å². The molecule has 24 heavy (non-hydrogen) atoms. The van der Waals surface area contributed by atoms with Gasteiger partial charge in [0.05, 0.1) is 31.9 Å². The summed E-state index contributed by atoms with van der Waals surface area (Å²) in [6.07, 6.45) is 1.37. The SMILES string of the molecule is Cc1noc(C)c1CC(=O)NC[C@@H]([C@@H]1CCOC1)N1CCOCC1. The molecule has 1 N–H and O–H groups in total. The van der Waals surface area contributed by atoms with Crippen molar-refractivity contribution in [1.29, 1.82) is 0 Å². The van der Waals surface area contributed by atoms with E-state index in [1.54, 1.807) is 0 Å². The van der Waals surface area contributed by atoms with Gasteiger partial charge in [-0.25, -0.2) is 0 Å². The number of morpholine rings is 1. The van der Waals surface area contributed by atoms with Crippen molar-refractivity contribution in [2.24, 2.45) is 5.92 Å². The molecule has 7 nitrogen and oxygen atoms in total. The van der Waals surface area contributed by atoms with Crippen LogP contribution in [-0.2, 0) is 20.7 Å². The minimum absolute atomic E-state index is 0.0153. The standard InChI is InChI=1S/C17H27N3O4/c1-12-15(13(2)24-19-12)9-17(21)18-10-16(14-3-6-23-11-14)20-4-7-22-8-5-20/h14,16H,3-11H2,1-2H3,(H,18,21)/t14-,16+/m1/s1. The molecule has 0 spiro atoms. The van der Waals surface area contributed by atoms with Gasteiger partial charge in [-0.05, 0) is 20.3 Å². The molecule has 2 aliphatic heterocycles. The number of amides is 1. The van der Waals surface area contributed by atoms with E-state index in [0.29, 0.717) is 24.9 Å². The van der Waals surface area contributed by atoms with Crippen molar-refractivity contribution in [2.75, 3.05) is 46.1 Å². The van der Waals surface area contributed by atoms with Crippen LogP contribution in [0.5, 0.6) is 0 Å². The number of carbonyl (C=O) groups is 1. The minimum atomic E-state index is 0.0153. The highest BCUT2D eigenvalue weighted by molar-refractivity contribution is 5.79. The zero-order valence-electron chi connectivity index (χ0n) is 14.5. The minimum Gasteiger partial charge on any atom is -0.381 e. The lowest BCUT2D eigenvalue weighted by atomic mass is 9.96. The predicted molar refractivity (Wildman–Crippen MR) is 87.8 cm³/mol. The number of ether oxygens (including phenoxy) is 2. The number of nitrogens with zero attached hydrogens (tertiary/aromatic N) is 2. The van der Waals surface area contributed by atoms with Crippen molar-refractivity contribution < 1.29 is 18.8 Å². The molecule has 1 aromatic rings. The van der Waals surface area contributed by atoms with E-state index in [0.717, 1.165) is 63.0 Å². The fraction of sp³-hybridized carbons (Fsp3) is 0.765. The van der Waals surface area contributed by atoms with Crippen LogP contribution in [0.4, 0.5) is 0 Å². The molecule has 2 aliphatic rings. The monoisotopic (exact) mass is 337 g/mol. The fourth-order valence-corrected chi connectivity index (χ4v) is 3.55. The molecule has 3 rings (SSSR count). The lowest BCUT2D eigenvalue weighted by molar-refractivity contribution is -0.121. The van der Waals surface area contributed by atoms with E-state index >= 15 is 0 Å². The summed E-state index contributed by atoms with van der Waals surface area (Å²) in [7, 11) is 0. The Labute approximate surface area is 142 Å². The Balaban J connectivity index is 1.57. The molecule has 2 saturated heterocycles. The van der Waals surface area contributed by atoms with Crippen LogP contribution < -0.4 is 5.32 Å². The highest BCUT2D eigenvalue weighted by Crippen LogP contribution is 2.22. The van der Waals surface area contributed by atoms with Crippen LogP contribution in [0, 0.1) is 19.8 Å². The van der Waals surface area contributed by atoms with Crippen LogP contribution in [0.3, 0.4) is 0 Å². The predicted octanol–water partition coefficient (Wildman–Crippen LogP) is 0.687. The zero-order chi connectivity index (χ0) is 16.9. The topological polar surface area (TPSA) is 76.8 Å². The van der Waals surface area contributed by atoms with Gasteiger partial charge in [0.1, 0.15) is 5.76 Å². The number of carbonyl (C=O) groups excluding carboxylic acids is 1. The highest BCUT2D eigenvalue weighted by atomic mass is 16.5. The summed E-state index contributed by atoms with van der Waals surface area (Å²) in [6, 6.07) is 0.310. The van der Waals surface area contributed by atoms with Crippen LogP contribution in [0.1, 0.15) is 23.4 Å². The normalized spacial score (nSPS) is 23.3. The van der Waals surface area contributed by atoms with E-state index in [-0.39, 0.29) is 5.91 Å². The van der Waals surface area contributed by atoms with Gasteiger partial charge in [0.25, 0.3) is 0 Å². The van der Waals surface area contributed by atoms with Crippen LogP contribution in [0.2, 0.25) is 0 Å². The smallest absolute Gasteiger partial charge is 0.224 e. The number of rotatable bonds is 6. The molecular weight excluding hydrogens is 310 g/mol. The number of hydrogen-bond acceptors (Lipinski definition) is 6.